The van der Waals surface area contributed by atoms with E-state index in [0.717, 1.165) is 11.3 Å². The second kappa shape index (κ2) is 11.4. The largest absolute Gasteiger partial charge is 0.497 e. The zero-order valence-electron chi connectivity index (χ0n) is 17.9. The van der Waals surface area contributed by atoms with Gasteiger partial charge in [-0.3, -0.25) is 14.4 Å². The van der Waals surface area contributed by atoms with Crippen molar-refractivity contribution in [3.05, 3.63) is 29.8 Å². The maximum Gasteiger partial charge on any atom is 0.227 e. The van der Waals surface area contributed by atoms with Gasteiger partial charge in [-0.05, 0) is 38.0 Å². The molecule has 160 valence electrons. The molecular formula is C22H33N3O4. The van der Waals surface area contributed by atoms with Gasteiger partial charge < -0.3 is 19.4 Å². The second-order valence-electron chi connectivity index (χ2n) is 7.21. The van der Waals surface area contributed by atoms with Crippen molar-refractivity contribution < 1.29 is 19.1 Å². The summed E-state index contributed by atoms with van der Waals surface area (Å²) in [6.45, 7) is 7.52. The highest BCUT2D eigenvalue weighted by Gasteiger charge is 2.24. The fourth-order valence-electron chi connectivity index (χ4n) is 3.56. The smallest absolute Gasteiger partial charge is 0.227 e. The van der Waals surface area contributed by atoms with Crippen molar-refractivity contribution >= 4 is 17.7 Å². The molecule has 29 heavy (non-hydrogen) atoms. The Morgan fingerprint density at radius 3 is 2.17 bits per heavy atom. The SMILES string of the molecule is CCN(CC)C(=O)CCCC(=O)N1CCN(C(=O)Cc2cccc(OC)c2)CC1. The van der Waals surface area contributed by atoms with E-state index in [1.807, 2.05) is 43.0 Å². The third-order valence-electron chi connectivity index (χ3n) is 5.37. The monoisotopic (exact) mass is 403 g/mol. The lowest BCUT2D eigenvalue weighted by atomic mass is 10.1. The molecule has 0 atom stereocenters. The molecule has 0 radical (unpaired) electrons. The van der Waals surface area contributed by atoms with E-state index in [1.54, 1.807) is 16.9 Å². The molecule has 0 saturated carbocycles. The van der Waals surface area contributed by atoms with Crippen LogP contribution in [-0.2, 0) is 20.8 Å². The molecular weight excluding hydrogens is 370 g/mol. The van der Waals surface area contributed by atoms with Crippen LogP contribution in [0.15, 0.2) is 24.3 Å². The van der Waals surface area contributed by atoms with Crippen molar-refractivity contribution in [3.8, 4) is 5.75 Å². The highest BCUT2D eigenvalue weighted by molar-refractivity contribution is 5.81. The molecule has 0 spiro atoms. The molecule has 1 heterocycles. The van der Waals surface area contributed by atoms with Gasteiger partial charge in [0, 0.05) is 52.1 Å². The summed E-state index contributed by atoms with van der Waals surface area (Å²) in [7, 11) is 1.61. The molecule has 3 amide bonds. The molecule has 0 bridgehead atoms. The molecule has 2 rings (SSSR count). The van der Waals surface area contributed by atoms with Crippen molar-refractivity contribution in [2.45, 2.75) is 39.5 Å². The fourth-order valence-corrected chi connectivity index (χ4v) is 3.56. The van der Waals surface area contributed by atoms with Gasteiger partial charge in [0.15, 0.2) is 0 Å². The van der Waals surface area contributed by atoms with Crippen LogP contribution in [0.3, 0.4) is 0 Å². The first kappa shape index (κ1) is 22.7. The van der Waals surface area contributed by atoms with Crippen molar-refractivity contribution in [2.75, 3.05) is 46.4 Å². The van der Waals surface area contributed by atoms with Gasteiger partial charge in [0.05, 0.1) is 13.5 Å². The first-order chi connectivity index (χ1) is 14.0. The molecule has 1 aliphatic heterocycles. The van der Waals surface area contributed by atoms with E-state index in [1.165, 1.54) is 0 Å². The number of hydrogen-bond acceptors (Lipinski definition) is 4. The average molecular weight is 404 g/mol. The van der Waals surface area contributed by atoms with Crippen LogP contribution in [0.5, 0.6) is 5.75 Å². The first-order valence-electron chi connectivity index (χ1n) is 10.4. The highest BCUT2D eigenvalue weighted by Crippen LogP contribution is 2.15. The topological polar surface area (TPSA) is 70.2 Å². The van der Waals surface area contributed by atoms with Crippen LogP contribution >= 0.6 is 0 Å². The van der Waals surface area contributed by atoms with E-state index in [2.05, 4.69) is 0 Å². The summed E-state index contributed by atoms with van der Waals surface area (Å²) >= 11 is 0. The van der Waals surface area contributed by atoms with Crippen LogP contribution < -0.4 is 4.74 Å². The summed E-state index contributed by atoms with van der Waals surface area (Å²) in [5.74, 6) is 0.980. The van der Waals surface area contributed by atoms with E-state index in [-0.39, 0.29) is 17.7 Å². The Labute approximate surface area is 173 Å². The predicted octanol–water partition coefficient (Wildman–Crippen LogP) is 1.95. The van der Waals surface area contributed by atoms with Crippen LogP contribution in [0.1, 0.15) is 38.7 Å². The highest BCUT2D eigenvalue weighted by atomic mass is 16.5. The van der Waals surface area contributed by atoms with Gasteiger partial charge in [0.2, 0.25) is 17.7 Å². The van der Waals surface area contributed by atoms with Gasteiger partial charge in [0.1, 0.15) is 5.75 Å². The molecule has 1 saturated heterocycles. The number of methoxy groups -OCH3 is 1. The molecule has 0 N–H and O–H groups in total. The average Bonchev–Trinajstić information content (AvgIpc) is 2.74. The van der Waals surface area contributed by atoms with E-state index < -0.39 is 0 Å². The minimum atomic E-state index is 0.0650. The van der Waals surface area contributed by atoms with Crippen LogP contribution in [0.4, 0.5) is 0 Å². The number of benzene rings is 1. The minimum Gasteiger partial charge on any atom is -0.497 e. The number of carbonyl (C=O) groups excluding carboxylic acids is 3. The summed E-state index contributed by atoms with van der Waals surface area (Å²) < 4.78 is 5.20. The Bertz CT molecular complexity index is 695. The van der Waals surface area contributed by atoms with Gasteiger partial charge in [0.25, 0.3) is 0 Å². The van der Waals surface area contributed by atoms with Gasteiger partial charge in [-0.15, -0.1) is 0 Å². The number of piperazine rings is 1. The minimum absolute atomic E-state index is 0.0650. The number of nitrogens with zero attached hydrogens (tertiary/aromatic N) is 3. The van der Waals surface area contributed by atoms with Crippen LogP contribution in [0.2, 0.25) is 0 Å². The first-order valence-corrected chi connectivity index (χ1v) is 10.4. The molecule has 7 nitrogen and oxygen atoms in total. The molecule has 1 aromatic rings. The van der Waals surface area contributed by atoms with E-state index >= 15 is 0 Å². The third-order valence-corrected chi connectivity index (χ3v) is 5.37. The molecule has 0 aromatic heterocycles. The van der Waals surface area contributed by atoms with Crippen LogP contribution in [0, 0.1) is 0 Å². The van der Waals surface area contributed by atoms with E-state index in [9.17, 15) is 14.4 Å². The Hall–Kier alpha value is -2.57. The number of ether oxygens (including phenoxy) is 1. The summed E-state index contributed by atoms with van der Waals surface area (Å²) in [5.41, 5.74) is 0.922. The lowest BCUT2D eigenvalue weighted by molar-refractivity contribution is -0.139. The summed E-state index contributed by atoms with van der Waals surface area (Å²) in [6.07, 6.45) is 1.69. The number of hydrogen-bond donors (Lipinski definition) is 0. The molecule has 7 heteroatoms. The van der Waals surface area contributed by atoms with Gasteiger partial charge in [-0.25, -0.2) is 0 Å². The zero-order valence-corrected chi connectivity index (χ0v) is 17.9. The van der Waals surface area contributed by atoms with E-state index in [4.69, 9.17) is 4.74 Å². The van der Waals surface area contributed by atoms with Gasteiger partial charge in [-0.2, -0.15) is 0 Å². The molecule has 1 aromatic carbocycles. The molecule has 1 fully saturated rings. The molecule has 0 aliphatic carbocycles. The van der Waals surface area contributed by atoms with Gasteiger partial charge in [-0.1, -0.05) is 12.1 Å². The Morgan fingerprint density at radius 2 is 1.59 bits per heavy atom. The maximum atomic E-state index is 12.6. The second-order valence-corrected chi connectivity index (χ2v) is 7.21. The quantitative estimate of drug-likeness (QED) is 0.632. The fraction of sp³-hybridized carbons (Fsp3) is 0.591. The van der Waals surface area contributed by atoms with Crippen molar-refractivity contribution in [1.29, 1.82) is 0 Å². The summed E-state index contributed by atoms with van der Waals surface area (Å²) in [6, 6.07) is 7.52. The van der Waals surface area contributed by atoms with Crippen molar-refractivity contribution in [2.24, 2.45) is 0 Å². The molecule has 1 aliphatic rings. The standard InChI is InChI=1S/C22H33N3O4/c1-4-23(5-2)20(26)10-7-11-21(27)24-12-14-25(15-13-24)22(28)17-18-8-6-9-19(16-18)29-3/h6,8-9,16H,4-5,7,10-15,17H2,1-3H3. The lowest BCUT2D eigenvalue weighted by Gasteiger charge is -2.35. The zero-order chi connectivity index (χ0) is 21.2. The third kappa shape index (κ3) is 6.76. The normalized spacial score (nSPS) is 13.9. The Kier molecular flexibility index (Phi) is 8.96. The predicted molar refractivity (Wildman–Crippen MR) is 112 cm³/mol. The number of rotatable bonds is 9. The van der Waals surface area contributed by atoms with Crippen molar-refractivity contribution in [1.82, 2.24) is 14.7 Å². The van der Waals surface area contributed by atoms with Crippen molar-refractivity contribution in [3.63, 3.8) is 0 Å². The Balaban J connectivity index is 1.72. The number of amides is 3. The van der Waals surface area contributed by atoms with Crippen LogP contribution in [-0.4, -0.2) is 78.8 Å². The number of carbonyl (C=O) groups is 3. The lowest BCUT2D eigenvalue weighted by Crippen LogP contribution is -2.51. The molecule has 0 unspecified atom stereocenters. The van der Waals surface area contributed by atoms with E-state index in [0.29, 0.717) is 65.0 Å². The van der Waals surface area contributed by atoms with Crippen LogP contribution in [0.25, 0.3) is 0 Å². The van der Waals surface area contributed by atoms with Gasteiger partial charge >= 0.3 is 0 Å². The Morgan fingerprint density at radius 1 is 0.966 bits per heavy atom. The maximum absolute atomic E-state index is 12.6. The summed E-state index contributed by atoms with van der Waals surface area (Å²) in [5, 5.41) is 0. The summed E-state index contributed by atoms with van der Waals surface area (Å²) in [4.78, 5) is 42.4.